The smallest absolute Gasteiger partial charge is 0.162 e. The van der Waals surface area contributed by atoms with Crippen LogP contribution in [0.1, 0.15) is 32.4 Å². The minimum atomic E-state index is -0.728. The standard InChI is InChI=1S/C14H20BrNO3/c1-9(16-8-14(2,3)17)10-6-12-13(7-11(10)15)19-5-4-18-12/h6-7,9,16-17H,4-5,8H2,1-3H3. The van der Waals surface area contributed by atoms with E-state index in [-0.39, 0.29) is 6.04 Å². The lowest BCUT2D eigenvalue weighted by molar-refractivity contribution is 0.0770. The number of rotatable bonds is 4. The predicted octanol–water partition coefficient (Wildman–Crippen LogP) is 2.64. The summed E-state index contributed by atoms with van der Waals surface area (Å²) in [4.78, 5) is 0. The van der Waals surface area contributed by atoms with Gasteiger partial charge in [-0.05, 0) is 38.5 Å². The van der Waals surface area contributed by atoms with Crippen LogP contribution >= 0.6 is 15.9 Å². The lowest BCUT2D eigenvalue weighted by atomic mass is 10.1. The second kappa shape index (κ2) is 5.69. The Bertz CT molecular complexity index is 457. The molecule has 0 bridgehead atoms. The van der Waals surface area contributed by atoms with Crippen molar-refractivity contribution in [2.24, 2.45) is 0 Å². The van der Waals surface area contributed by atoms with Crippen LogP contribution in [0.4, 0.5) is 0 Å². The average Bonchev–Trinajstić information content (AvgIpc) is 2.34. The third kappa shape index (κ3) is 3.84. The van der Waals surface area contributed by atoms with Crippen LogP contribution in [0.25, 0.3) is 0 Å². The van der Waals surface area contributed by atoms with Gasteiger partial charge in [-0.15, -0.1) is 0 Å². The number of nitrogens with one attached hydrogen (secondary N) is 1. The maximum absolute atomic E-state index is 9.76. The lowest BCUT2D eigenvalue weighted by Crippen LogP contribution is -2.36. The van der Waals surface area contributed by atoms with Crippen LogP contribution in [0.15, 0.2) is 16.6 Å². The molecule has 0 saturated heterocycles. The second-order valence-corrected chi connectivity index (χ2v) is 6.29. The van der Waals surface area contributed by atoms with Crippen molar-refractivity contribution in [1.82, 2.24) is 5.32 Å². The average molecular weight is 330 g/mol. The van der Waals surface area contributed by atoms with Gasteiger partial charge in [-0.3, -0.25) is 0 Å². The fourth-order valence-corrected chi connectivity index (χ4v) is 2.59. The van der Waals surface area contributed by atoms with Crippen LogP contribution in [0, 0.1) is 0 Å². The highest BCUT2D eigenvalue weighted by Gasteiger charge is 2.19. The SMILES string of the molecule is CC(NCC(C)(C)O)c1cc2c(cc1Br)OCCO2. The number of benzene rings is 1. The molecule has 2 N–H and O–H groups in total. The van der Waals surface area contributed by atoms with Gasteiger partial charge >= 0.3 is 0 Å². The maximum atomic E-state index is 9.76. The first-order valence-electron chi connectivity index (χ1n) is 6.41. The van der Waals surface area contributed by atoms with Crippen molar-refractivity contribution in [3.8, 4) is 11.5 Å². The molecule has 0 fully saturated rings. The summed E-state index contributed by atoms with van der Waals surface area (Å²) in [6, 6.07) is 4.03. The highest BCUT2D eigenvalue weighted by molar-refractivity contribution is 9.10. The highest BCUT2D eigenvalue weighted by Crippen LogP contribution is 2.37. The van der Waals surface area contributed by atoms with Gasteiger partial charge in [0, 0.05) is 17.1 Å². The Morgan fingerprint density at radius 1 is 1.32 bits per heavy atom. The zero-order chi connectivity index (χ0) is 14.0. The van der Waals surface area contributed by atoms with Crippen LogP contribution < -0.4 is 14.8 Å². The van der Waals surface area contributed by atoms with E-state index in [1.807, 2.05) is 12.1 Å². The Kier molecular flexibility index (Phi) is 4.38. The van der Waals surface area contributed by atoms with E-state index in [1.165, 1.54) is 0 Å². The molecule has 1 aliphatic rings. The molecule has 0 aromatic heterocycles. The zero-order valence-corrected chi connectivity index (χ0v) is 13.1. The zero-order valence-electron chi connectivity index (χ0n) is 11.5. The van der Waals surface area contributed by atoms with Crippen molar-refractivity contribution in [3.05, 3.63) is 22.2 Å². The fourth-order valence-electron chi connectivity index (χ4n) is 1.92. The van der Waals surface area contributed by atoms with Gasteiger partial charge in [-0.2, -0.15) is 0 Å². The van der Waals surface area contributed by atoms with Gasteiger partial charge in [-0.25, -0.2) is 0 Å². The van der Waals surface area contributed by atoms with Crippen LogP contribution in [-0.2, 0) is 0 Å². The predicted molar refractivity (Wildman–Crippen MR) is 77.8 cm³/mol. The molecule has 0 radical (unpaired) electrons. The summed E-state index contributed by atoms with van der Waals surface area (Å²) >= 11 is 3.56. The Morgan fingerprint density at radius 3 is 2.47 bits per heavy atom. The van der Waals surface area contributed by atoms with Crippen molar-refractivity contribution in [2.75, 3.05) is 19.8 Å². The molecule has 4 nitrogen and oxygen atoms in total. The molecular formula is C14H20BrNO3. The molecule has 1 atom stereocenters. The summed E-state index contributed by atoms with van der Waals surface area (Å²) in [5, 5.41) is 13.1. The molecular weight excluding hydrogens is 310 g/mol. The monoisotopic (exact) mass is 329 g/mol. The van der Waals surface area contributed by atoms with Gasteiger partial charge < -0.3 is 19.9 Å². The number of hydrogen-bond donors (Lipinski definition) is 2. The summed E-state index contributed by atoms with van der Waals surface area (Å²) in [6.45, 7) is 7.32. The first-order valence-corrected chi connectivity index (χ1v) is 7.21. The van der Waals surface area contributed by atoms with Crippen LogP contribution in [0.3, 0.4) is 0 Å². The molecule has 1 aromatic rings. The largest absolute Gasteiger partial charge is 0.486 e. The first-order chi connectivity index (χ1) is 8.87. The Labute approximate surface area is 122 Å². The lowest BCUT2D eigenvalue weighted by Gasteiger charge is -2.25. The number of fused-ring (bicyclic) bond motifs is 1. The summed E-state index contributed by atoms with van der Waals surface area (Å²) < 4.78 is 12.1. The summed E-state index contributed by atoms with van der Waals surface area (Å²) in [6.07, 6.45) is 0. The van der Waals surface area contributed by atoms with Crippen molar-refractivity contribution in [2.45, 2.75) is 32.4 Å². The topological polar surface area (TPSA) is 50.7 Å². The summed E-state index contributed by atoms with van der Waals surface area (Å²) in [5.74, 6) is 1.55. The van der Waals surface area contributed by atoms with Crippen LogP contribution in [0.2, 0.25) is 0 Å². The fraction of sp³-hybridized carbons (Fsp3) is 0.571. The van der Waals surface area contributed by atoms with E-state index in [2.05, 4.69) is 28.2 Å². The van der Waals surface area contributed by atoms with Gasteiger partial charge in [0.1, 0.15) is 13.2 Å². The Hall–Kier alpha value is -0.780. The van der Waals surface area contributed by atoms with E-state index in [1.54, 1.807) is 13.8 Å². The number of aliphatic hydroxyl groups is 1. The van der Waals surface area contributed by atoms with Crippen LogP contribution in [0.5, 0.6) is 11.5 Å². The summed E-state index contributed by atoms with van der Waals surface area (Å²) in [7, 11) is 0. The van der Waals surface area contributed by atoms with Gasteiger partial charge in [0.2, 0.25) is 0 Å². The normalized spacial score (nSPS) is 16.3. The van der Waals surface area contributed by atoms with Crippen molar-refractivity contribution in [1.29, 1.82) is 0 Å². The van der Waals surface area contributed by atoms with E-state index in [0.29, 0.717) is 19.8 Å². The van der Waals surface area contributed by atoms with Gasteiger partial charge in [0.15, 0.2) is 11.5 Å². The van der Waals surface area contributed by atoms with Gasteiger partial charge in [-0.1, -0.05) is 15.9 Å². The molecule has 1 aromatic carbocycles. The molecule has 2 rings (SSSR count). The van der Waals surface area contributed by atoms with Crippen LogP contribution in [-0.4, -0.2) is 30.5 Å². The molecule has 0 aliphatic carbocycles. The molecule has 5 heteroatoms. The molecule has 19 heavy (non-hydrogen) atoms. The van der Waals surface area contributed by atoms with Gasteiger partial charge in [0.05, 0.1) is 5.60 Å². The molecule has 106 valence electrons. The van der Waals surface area contributed by atoms with Gasteiger partial charge in [0.25, 0.3) is 0 Å². The number of halogens is 1. The third-order valence-corrected chi connectivity index (χ3v) is 3.66. The minimum Gasteiger partial charge on any atom is -0.486 e. The molecule has 1 heterocycles. The summed E-state index contributed by atoms with van der Waals surface area (Å²) in [5.41, 5.74) is 0.364. The second-order valence-electron chi connectivity index (χ2n) is 5.43. The third-order valence-electron chi connectivity index (χ3n) is 2.97. The molecule has 1 unspecified atom stereocenters. The van der Waals surface area contributed by atoms with Crippen molar-refractivity contribution < 1.29 is 14.6 Å². The minimum absolute atomic E-state index is 0.108. The molecule has 0 saturated carbocycles. The molecule has 0 spiro atoms. The molecule has 0 amide bonds. The van der Waals surface area contributed by atoms with E-state index in [9.17, 15) is 5.11 Å². The number of hydrogen-bond acceptors (Lipinski definition) is 4. The number of ether oxygens (including phenoxy) is 2. The Balaban J connectivity index is 2.15. The van der Waals surface area contributed by atoms with E-state index < -0.39 is 5.60 Å². The van der Waals surface area contributed by atoms with E-state index in [0.717, 1.165) is 21.5 Å². The van der Waals surface area contributed by atoms with E-state index in [4.69, 9.17) is 9.47 Å². The first kappa shape index (κ1) is 14.6. The quantitative estimate of drug-likeness (QED) is 0.891. The van der Waals surface area contributed by atoms with E-state index >= 15 is 0 Å². The van der Waals surface area contributed by atoms with Crippen molar-refractivity contribution >= 4 is 15.9 Å². The Morgan fingerprint density at radius 2 is 1.89 bits per heavy atom. The highest BCUT2D eigenvalue weighted by atomic mass is 79.9. The molecule has 1 aliphatic heterocycles. The van der Waals surface area contributed by atoms with Crippen molar-refractivity contribution in [3.63, 3.8) is 0 Å². The maximum Gasteiger partial charge on any atom is 0.162 e.